The van der Waals surface area contributed by atoms with Gasteiger partial charge in [0.2, 0.25) is 11.8 Å². The van der Waals surface area contributed by atoms with E-state index in [0.717, 1.165) is 11.1 Å². The van der Waals surface area contributed by atoms with E-state index in [0.29, 0.717) is 51.7 Å². The quantitative estimate of drug-likeness (QED) is 0.0855. The molecule has 0 heterocycles. The van der Waals surface area contributed by atoms with E-state index >= 15 is 0 Å². The topological polar surface area (TPSA) is 164 Å². The van der Waals surface area contributed by atoms with Crippen molar-refractivity contribution in [2.75, 3.05) is 26.2 Å². The summed E-state index contributed by atoms with van der Waals surface area (Å²) in [6.07, 6.45) is 0.522. The highest BCUT2D eigenvalue weighted by atomic mass is 16.6. The summed E-state index contributed by atoms with van der Waals surface area (Å²) in [6, 6.07) is 16.9. The number of ether oxygens (including phenoxy) is 3. The molecule has 0 fully saturated rings. The van der Waals surface area contributed by atoms with Crippen molar-refractivity contribution in [2.45, 2.75) is 111 Å². The highest BCUT2D eigenvalue weighted by molar-refractivity contribution is 5.86. The number of nitrogens with zero attached hydrogens (tertiary/aromatic N) is 1. The van der Waals surface area contributed by atoms with E-state index in [1.54, 1.807) is 25.7 Å². The number of hydrogen-bond donors (Lipinski definition) is 4. The van der Waals surface area contributed by atoms with Gasteiger partial charge in [0.05, 0.1) is 0 Å². The first-order chi connectivity index (χ1) is 25.1. The van der Waals surface area contributed by atoms with Gasteiger partial charge in [0.1, 0.15) is 30.9 Å². The molecule has 0 aliphatic carbocycles. The van der Waals surface area contributed by atoms with E-state index in [1.807, 2.05) is 88.4 Å². The van der Waals surface area contributed by atoms with Gasteiger partial charge in [-0.15, -0.1) is 0 Å². The van der Waals surface area contributed by atoms with Crippen molar-refractivity contribution in [3.8, 4) is 0 Å². The molecule has 0 aliphatic rings. The van der Waals surface area contributed by atoms with E-state index in [4.69, 9.17) is 14.2 Å². The van der Waals surface area contributed by atoms with Crippen molar-refractivity contribution < 1.29 is 38.2 Å². The summed E-state index contributed by atoms with van der Waals surface area (Å²) in [5.74, 6) is -0.380. The number of carbonyl (C=O) groups excluding carboxylic acids is 5. The molecular weight excluding hydrogens is 678 g/mol. The summed E-state index contributed by atoms with van der Waals surface area (Å²) in [5.41, 5.74) is 1.05. The van der Waals surface area contributed by atoms with Gasteiger partial charge in [0.15, 0.2) is 0 Å². The van der Waals surface area contributed by atoms with Gasteiger partial charge in [-0.3, -0.25) is 9.59 Å². The minimum Gasteiger partial charge on any atom is -0.445 e. The standard InChI is InChI=1S/C40H61N5O8/c1-29(2)25-33(43-38(49)51-27-31-17-10-8-11-18-31)35(46)41-22-16-24-45(23-15-14-21-42-37(48)53-40(5,6)7)36(47)34(26-30(3)4)44-39(50)52-28-32-19-12-9-13-20-32/h8-13,17-20,29-30,33-34H,14-16,21-28H2,1-7H3,(H,41,46)(H,42,48)(H,43,49)(H,44,50)/t33-,34-/m0/s1. The molecule has 2 rings (SSSR count). The fourth-order valence-electron chi connectivity index (χ4n) is 5.30. The zero-order valence-corrected chi connectivity index (χ0v) is 32.6. The molecule has 0 saturated carbocycles. The SMILES string of the molecule is CC(C)C[C@H](NC(=O)OCc1ccccc1)C(=O)NCCCN(CCCCNC(=O)OC(C)(C)C)C(=O)[C@H](CC(C)C)NC(=O)OCc1ccccc1. The minimum atomic E-state index is -0.825. The summed E-state index contributed by atoms with van der Waals surface area (Å²) in [6.45, 7) is 14.7. The third-order valence-electron chi connectivity index (χ3n) is 7.78. The predicted molar refractivity (Wildman–Crippen MR) is 204 cm³/mol. The van der Waals surface area contributed by atoms with Crippen molar-refractivity contribution in [3.05, 3.63) is 71.8 Å². The summed E-state index contributed by atoms with van der Waals surface area (Å²) >= 11 is 0. The second-order valence-electron chi connectivity index (χ2n) is 14.9. The van der Waals surface area contributed by atoms with Gasteiger partial charge in [0, 0.05) is 26.2 Å². The Bertz CT molecular complexity index is 1400. The van der Waals surface area contributed by atoms with Crippen molar-refractivity contribution in [1.29, 1.82) is 0 Å². The number of nitrogens with one attached hydrogen (secondary N) is 4. The Labute approximate surface area is 315 Å². The lowest BCUT2D eigenvalue weighted by Gasteiger charge is -2.29. The summed E-state index contributed by atoms with van der Waals surface area (Å²) in [4.78, 5) is 66.3. The van der Waals surface area contributed by atoms with Gasteiger partial charge in [-0.1, -0.05) is 88.4 Å². The maximum absolute atomic E-state index is 14.0. The van der Waals surface area contributed by atoms with Crippen LogP contribution in [0.25, 0.3) is 0 Å². The molecule has 2 atom stereocenters. The maximum Gasteiger partial charge on any atom is 0.408 e. The lowest BCUT2D eigenvalue weighted by Crippen LogP contribution is -2.50. The second-order valence-corrected chi connectivity index (χ2v) is 14.9. The van der Waals surface area contributed by atoms with Crippen LogP contribution >= 0.6 is 0 Å². The van der Waals surface area contributed by atoms with Crippen molar-refractivity contribution in [3.63, 3.8) is 0 Å². The molecule has 2 aromatic carbocycles. The Balaban J connectivity index is 2.02. The normalized spacial score (nSPS) is 12.3. The number of hydrogen-bond acceptors (Lipinski definition) is 8. The summed E-state index contributed by atoms with van der Waals surface area (Å²) < 4.78 is 16.1. The Morgan fingerprint density at radius 1 is 0.623 bits per heavy atom. The monoisotopic (exact) mass is 739 g/mol. The van der Waals surface area contributed by atoms with Crippen LogP contribution in [0.15, 0.2) is 60.7 Å². The molecule has 0 spiro atoms. The van der Waals surface area contributed by atoms with Gasteiger partial charge < -0.3 is 40.4 Å². The van der Waals surface area contributed by atoms with Crippen LogP contribution in [-0.2, 0) is 37.0 Å². The van der Waals surface area contributed by atoms with E-state index < -0.39 is 36.0 Å². The molecule has 13 nitrogen and oxygen atoms in total. The van der Waals surface area contributed by atoms with E-state index in [9.17, 15) is 24.0 Å². The van der Waals surface area contributed by atoms with Crippen LogP contribution in [-0.4, -0.2) is 78.9 Å². The first kappa shape index (κ1) is 44.4. The van der Waals surface area contributed by atoms with Crippen LogP contribution in [0.3, 0.4) is 0 Å². The van der Waals surface area contributed by atoms with Gasteiger partial charge in [-0.2, -0.15) is 0 Å². The molecule has 0 unspecified atom stereocenters. The van der Waals surface area contributed by atoms with Crippen LogP contribution in [0, 0.1) is 11.8 Å². The van der Waals surface area contributed by atoms with Crippen LogP contribution in [0.1, 0.15) is 91.7 Å². The van der Waals surface area contributed by atoms with Crippen LogP contribution in [0.2, 0.25) is 0 Å². The molecule has 4 N–H and O–H groups in total. The number of carbonyl (C=O) groups is 5. The molecule has 53 heavy (non-hydrogen) atoms. The summed E-state index contributed by atoms with van der Waals surface area (Å²) in [5, 5.41) is 11.1. The van der Waals surface area contributed by atoms with Crippen molar-refractivity contribution in [2.24, 2.45) is 11.8 Å². The largest absolute Gasteiger partial charge is 0.445 e. The molecule has 0 radical (unpaired) electrons. The molecule has 5 amide bonds. The fourth-order valence-corrected chi connectivity index (χ4v) is 5.30. The molecule has 294 valence electrons. The number of rotatable bonds is 21. The van der Waals surface area contributed by atoms with Crippen molar-refractivity contribution >= 4 is 30.1 Å². The Kier molecular flexibility index (Phi) is 19.8. The average molecular weight is 740 g/mol. The molecule has 0 aliphatic heterocycles. The molecule has 13 heteroatoms. The number of alkyl carbamates (subject to hydrolysis) is 3. The predicted octanol–water partition coefficient (Wildman–Crippen LogP) is 6.31. The van der Waals surface area contributed by atoms with Gasteiger partial charge in [-0.25, -0.2) is 14.4 Å². The van der Waals surface area contributed by atoms with E-state index in [-0.39, 0.29) is 43.4 Å². The first-order valence-corrected chi connectivity index (χ1v) is 18.6. The molecular formula is C40H61N5O8. The highest BCUT2D eigenvalue weighted by Crippen LogP contribution is 2.12. The molecule has 0 aromatic heterocycles. The van der Waals surface area contributed by atoms with E-state index in [1.165, 1.54) is 0 Å². The molecule has 2 aromatic rings. The third kappa shape index (κ3) is 20.1. The second kappa shape index (κ2) is 23.7. The summed E-state index contributed by atoms with van der Waals surface area (Å²) in [7, 11) is 0. The zero-order chi connectivity index (χ0) is 39.2. The minimum absolute atomic E-state index is 0.0702. The third-order valence-corrected chi connectivity index (χ3v) is 7.78. The molecule has 0 bridgehead atoms. The number of unbranched alkanes of at least 4 members (excludes halogenated alkanes) is 1. The lowest BCUT2D eigenvalue weighted by atomic mass is 10.0. The zero-order valence-electron chi connectivity index (χ0n) is 32.6. The Hall–Kier alpha value is -4.81. The number of amides is 5. The Morgan fingerprint density at radius 3 is 1.60 bits per heavy atom. The van der Waals surface area contributed by atoms with Crippen molar-refractivity contribution in [1.82, 2.24) is 26.2 Å². The Morgan fingerprint density at radius 2 is 1.09 bits per heavy atom. The van der Waals surface area contributed by atoms with Gasteiger partial charge in [-0.05, 0) is 75.8 Å². The van der Waals surface area contributed by atoms with Crippen LogP contribution < -0.4 is 21.3 Å². The van der Waals surface area contributed by atoms with Crippen LogP contribution in [0.4, 0.5) is 14.4 Å². The van der Waals surface area contributed by atoms with Crippen LogP contribution in [0.5, 0.6) is 0 Å². The smallest absolute Gasteiger partial charge is 0.408 e. The fraction of sp³-hybridized carbons (Fsp3) is 0.575. The highest BCUT2D eigenvalue weighted by Gasteiger charge is 2.28. The van der Waals surface area contributed by atoms with Gasteiger partial charge in [0.25, 0.3) is 0 Å². The number of benzene rings is 2. The van der Waals surface area contributed by atoms with Gasteiger partial charge >= 0.3 is 18.3 Å². The maximum atomic E-state index is 14.0. The van der Waals surface area contributed by atoms with E-state index in [2.05, 4.69) is 21.3 Å². The molecule has 0 saturated heterocycles. The lowest BCUT2D eigenvalue weighted by molar-refractivity contribution is -0.134. The first-order valence-electron chi connectivity index (χ1n) is 18.6. The average Bonchev–Trinajstić information content (AvgIpc) is 3.09.